The summed E-state index contributed by atoms with van der Waals surface area (Å²) in [6.45, 7) is 2.87. The minimum absolute atomic E-state index is 0.00267. The molecule has 0 unspecified atom stereocenters. The van der Waals surface area contributed by atoms with Gasteiger partial charge in [-0.25, -0.2) is 4.98 Å². The van der Waals surface area contributed by atoms with Crippen LogP contribution in [0.5, 0.6) is 0 Å². The fraction of sp³-hybridized carbons (Fsp3) is 0.360. The number of hydrogen-bond donors (Lipinski definition) is 2. The molecule has 0 spiro atoms. The zero-order chi connectivity index (χ0) is 20.7. The van der Waals surface area contributed by atoms with Crippen LogP contribution in [-0.2, 0) is 4.79 Å². The second-order valence-electron chi connectivity index (χ2n) is 8.68. The van der Waals surface area contributed by atoms with Crippen LogP contribution in [0.2, 0.25) is 0 Å². The van der Waals surface area contributed by atoms with E-state index in [2.05, 4.69) is 65.4 Å². The molecule has 5 rings (SSSR count). The van der Waals surface area contributed by atoms with E-state index in [1.54, 1.807) is 0 Å². The third-order valence-corrected chi connectivity index (χ3v) is 6.44. The molecule has 1 saturated heterocycles. The Bertz CT molecular complexity index is 1030. The normalized spacial score (nSPS) is 19.8. The number of amides is 1. The summed E-state index contributed by atoms with van der Waals surface area (Å²) in [5, 5.41) is 0. The Hall–Kier alpha value is -2.92. The largest absolute Gasteiger partial charge is 0.340 e. The second kappa shape index (κ2) is 7.73. The number of nitrogens with one attached hydrogen (secondary N) is 1. The van der Waals surface area contributed by atoms with E-state index in [9.17, 15) is 4.79 Å². The van der Waals surface area contributed by atoms with E-state index < -0.39 is 0 Å². The Morgan fingerprint density at radius 2 is 1.67 bits per heavy atom. The van der Waals surface area contributed by atoms with Crippen LogP contribution in [0.15, 0.2) is 54.7 Å². The number of benzene rings is 2. The number of nitrogens with two attached hydrogens (primary N) is 1. The average molecular weight is 401 g/mol. The van der Waals surface area contributed by atoms with Crippen molar-refractivity contribution in [1.82, 2.24) is 14.9 Å². The number of nitrogens with zero attached hydrogens (tertiary/aromatic N) is 2. The predicted octanol–water partition coefficient (Wildman–Crippen LogP) is 4.45. The molecule has 2 heterocycles. The quantitative estimate of drug-likeness (QED) is 0.664. The maximum absolute atomic E-state index is 12.8. The fourth-order valence-corrected chi connectivity index (χ4v) is 4.40. The number of carbonyl (C=O) groups excluding carboxylic acids is 1. The lowest BCUT2D eigenvalue weighted by molar-refractivity contribution is -0.134. The number of aromatic nitrogens is 2. The molecule has 2 fully saturated rings. The molecule has 1 aliphatic carbocycles. The predicted molar refractivity (Wildman–Crippen MR) is 119 cm³/mol. The number of hydrogen-bond acceptors (Lipinski definition) is 3. The van der Waals surface area contributed by atoms with E-state index in [1.807, 2.05) is 11.1 Å². The maximum Gasteiger partial charge on any atom is 0.240 e. The molecule has 154 valence electrons. The van der Waals surface area contributed by atoms with E-state index in [0.29, 0.717) is 5.92 Å². The molecule has 1 amide bonds. The monoisotopic (exact) mass is 400 g/mol. The molecule has 30 heavy (non-hydrogen) atoms. The summed E-state index contributed by atoms with van der Waals surface area (Å²) in [4.78, 5) is 22.9. The van der Waals surface area contributed by atoms with E-state index >= 15 is 0 Å². The summed E-state index contributed by atoms with van der Waals surface area (Å²) in [6, 6.07) is 16.7. The van der Waals surface area contributed by atoms with Crippen molar-refractivity contribution in [2.75, 3.05) is 6.54 Å². The topological polar surface area (TPSA) is 75.0 Å². The lowest BCUT2D eigenvalue weighted by Crippen LogP contribution is -2.44. The van der Waals surface area contributed by atoms with Gasteiger partial charge in [-0.2, -0.15) is 0 Å². The van der Waals surface area contributed by atoms with Gasteiger partial charge in [-0.05, 0) is 55.2 Å². The van der Waals surface area contributed by atoms with Gasteiger partial charge in [0.1, 0.15) is 5.82 Å². The van der Waals surface area contributed by atoms with E-state index in [0.717, 1.165) is 49.3 Å². The molecule has 1 aliphatic heterocycles. The minimum Gasteiger partial charge on any atom is -0.340 e. The van der Waals surface area contributed by atoms with Crippen LogP contribution < -0.4 is 5.73 Å². The van der Waals surface area contributed by atoms with Crippen molar-refractivity contribution < 1.29 is 4.79 Å². The van der Waals surface area contributed by atoms with Crippen LogP contribution in [0.1, 0.15) is 43.1 Å². The maximum atomic E-state index is 12.8. The first-order valence-corrected chi connectivity index (χ1v) is 10.9. The van der Waals surface area contributed by atoms with Crippen molar-refractivity contribution in [3.63, 3.8) is 0 Å². The van der Waals surface area contributed by atoms with Crippen LogP contribution in [0.3, 0.4) is 0 Å². The molecule has 1 aromatic heterocycles. The van der Waals surface area contributed by atoms with E-state index in [4.69, 9.17) is 5.73 Å². The number of imidazole rings is 1. The van der Waals surface area contributed by atoms with Gasteiger partial charge in [-0.15, -0.1) is 0 Å². The molecule has 5 nitrogen and oxygen atoms in total. The van der Waals surface area contributed by atoms with Gasteiger partial charge in [-0.3, -0.25) is 4.79 Å². The molecule has 3 N–H and O–H groups in total. The summed E-state index contributed by atoms with van der Waals surface area (Å²) >= 11 is 0. The van der Waals surface area contributed by atoms with Crippen molar-refractivity contribution >= 4 is 5.91 Å². The van der Waals surface area contributed by atoms with Gasteiger partial charge in [0.2, 0.25) is 5.91 Å². The van der Waals surface area contributed by atoms with Gasteiger partial charge in [-0.1, -0.05) is 54.1 Å². The number of likely N-dealkylation sites (tertiary alicyclic amines) is 1. The first kappa shape index (κ1) is 19.1. The highest BCUT2D eigenvalue weighted by molar-refractivity contribution is 5.83. The Balaban J connectivity index is 1.33. The van der Waals surface area contributed by atoms with Gasteiger partial charge in [0.15, 0.2) is 0 Å². The van der Waals surface area contributed by atoms with E-state index in [-0.39, 0.29) is 18.0 Å². The summed E-state index contributed by atoms with van der Waals surface area (Å²) in [5.74, 6) is 1.32. The number of H-pyrrole nitrogens is 1. The molecule has 2 aromatic carbocycles. The van der Waals surface area contributed by atoms with Gasteiger partial charge in [0.05, 0.1) is 24.0 Å². The van der Waals surface area contributed by atoms with Crippen LogP contribution >= 0.6 is 0 Å². The zero-order valence-corrected chi connectivity index (χ0v) is 17.3. The molecule has 0 bridgehead atoms. The highest BCUT2D eigenvalue weighted by Crippen LogP contribution is 2.36. The SMILES string of the molecule is Cc1ccc(-c2ccc(-c3cnc([C@@H]4CCCN4C(=O)[C@@H](N)C4CC4)[nH]3)cc2)cc1. The van der Waals surface area contributed by atoms with Crippen molar-refractivity contribution in [2.45, 2.75) is 44.7 Å². The number of aromatic amines is 1. The molecular weight excluding hydrogens is 372 g/mol. The van der Waals surface area contributed by atoms with Crippen LogP contribution in [0.4, 0.5) is 0 Å². The summed E-state index contributed by atoms with van der Waals surface area (Å²) < 4.78 is 0. The Labute approximate surface area is 177 Å². The first-order valence-electron chi connectivity index (χ1n) is 10.9. The smallest absolute Gasteiger partial charge is 0.240 e. The van der Waals surface area contributed by atoms with Gasteiger partial charge in [0, 0.05) is 6.54 Å². The van der Waals surface area contributed by atoms with Crippen molar-refractivity contribution in [3.05, 3.63) is 66.1 Å². The van der Waals surface area contributed by atoms with Gasteiger partial charge >= 0.3 is 0 Å². The van der Waals surface area contributed by atoms with Gasteiger partial charge < -0.3 is 15.6 Å². The summed E-state index contributed by atoms with van der Waals surface area (Å²) in [5.41, 5.74) is 11.9. The molecule has 3 aromatic rings. The van der Waals surface area contributed by atoms with Crippen molar-refractivity contribution in [3.8, 4) is 22.4 Å². The van der Waals surface area contributed by atoms with Crippen molar-refractivity contribution in [2.24, 2.45) is 11.7 Å². The lowest BCUT2D eigenvalue weighted by Gasteiger charge is -2.26. The molecule has 2 atom stereocenters. The van der Waals surface area contributed by atoms with Gasteiger partial charge in [0.25, 0.3) is 0 Å². The Kier molecular flexibility index (Phi) is 4.91. The molecule has 1 saturated carbocycles. The molecule has 0 radical (unpaired) electrons. The zero-order valence-electron chi connectivity index (χ0n) is 17.3. The fourth-order valence-electron chi connectivity index (χ4n) is 4.40. The third-order valence-electron chi connectivity index (χ3n) is 6.44. The van der Waals surface area contributed by atoms with Crippen LogP contribution in [-0.4, -0.2) is 33.4 Å². The second-order valence-corrected chi connectivity index (χ2v) is 8.68. The first-order chi connectivity index (χ1) is 14.6. The Morgan fingerprint density at radius 3 is 2.33 bits per heavy atom. The molecular formula is C25H28N4O. The standard InChI is InChI=1S/C25H28N4O/c1-16-4-6-17(7-5-16)18-8-10-19(11-9-18)21-15-27-24(28-21)22-3-2-14-29(22)25(30)23(26)20-12-13-20/h4-11,15,20,22-23H,2-3,12-14,26H2,1H3,(H,27,28)/t22-,23-/m0/s1. The number of carbonyl (C=O) groups is 1. The van der Waals surface area contributed by atoms with Crippen molar-refractivity contribution in [1.29, 1.82) is 0 Å². The number of aryl methyl sites for hydroxylation is 1. The summed E-state index contributed by atoms with van der Waals surface area (Å²) in [6.07, 6.45) is 5.96. The highest BCUT2D eigenvalue weighted by Gasteiger charge is 2.40. The summed E-state index contributed by atoms with van der Waals surface area (Å²) in [7, 11) is 0. The molecule has 5 heteroatoms. The Morgan fingerprint density at radius 1 is 1.03 bits per heavy atom. The van der Waals surface area contributed by atoms with Crippen LogP contribution in [0, 0.1) is 12.8 Å². The molecule has 2 aliphatic rings. The highest BCUT2D eigenvalue weighted by atomic mass is 16.2. The van der Waals surface area contributed by atoms with Crippen LogP contribution in [0.25, 0.3) is 22.4 Å². The van der Waals surface area contributed by atoms with E-state index in [1.165, 1.54) is 16.7 Å². The minimum atomic E-state index is -0.352. The third kappa shape index (κ3) is 3.65. The lowest BCUT2D eigenvalue weighted by atomic mass is 10.0. The number of rotatable bonds is 5. The average Bonchev–Trinajstić information content (AvgIpc) is 3.30.